The lowest BCUT2D eigenvalue weighted by Gasteiger charge is -2.00. The van der Waals surface area contributed by atoms with Gasteiger partial charge < -0.3 is 4.42 Å². The van der Waals surface area contributed by atoms with E-state index in [-0.39, 0.29) is 0 Å². The molecule has 0 saturated heterocycles. The van der Waals surface area contributed by atoms with E-state index < -0.39 is 0 Å². The number of aryl methyl sites for hydroxylation is 2. The lowest BCUT2D eigenvalue weighted by molar-refractivity contribution is 0.580. The van der Waals surface area contributed by atoms with E-state index in [4.69, 9.17) is 4.42 Å². The minimum atomic E-state index is 0.965. The van der Waals surface area contributed by atoms with Gasteiger partial charge in [-0.05, 0) is 31.5 Å². The SMILES string of the molecule is Cc1ccc2oc(C)c(-c3ccccc3)c2c1. The third-order valence-corrected chi connectivity index (χ3v) is 3.08. The van der Waals surface area contributed by atoms with Gasteiger partial charge in [0.25, 0.3) is 0 Å². The van der Waals surface area contributed by atoms with Crippen molar-refractivity contribution in [3.05, 3.63) is 59.9 Å². The van der Waals surface area contributed by atoms with E-state index in [2.05, 4.69) is 43.3 Å². The maximum Gasteiger partial charge on any atom is 0.134 e. The zero-order valence-corrected chi connectivity index (χ0v) is 10.0. The molecule has 1 heterocycles. The van der Waals surface area contributed by atoms with Crippen molar-refractivity contribution in [3.8, 4) is 11.1 Å². The summed E-state index contributed by atoms with van der Waals surface area (Å²) < 4.78 is 5.81. The van der Waals surface area contributed by atoms with Gasteiger partial charge in [0, 0.05) is 10.9 Å². The van der Waals surface area contributed by atoms with E-state index in [0.717, 1.165) is 11.3 Å². The summed E-state index contributed by atoms with van der Waals surface area (Å²) in [6.07, 6.45) is 0. The van der Waals surface area contributed by atoms with E-state index in [0.29, 0.717) is 0 Å². The van der Waals surface area contributed by atoms with Gasteiger partial charge in [-0.3, -0.25) is 0 Å². The van der Waals surface area contributed by atoms with Gasteiger partial charge in [0.15, 0.2) is 0 Å². The van der Waals surface area contributed by atoms with Crippen LogP contribution in [-0.2, 0) is 0 Å². The zero-order chi connectivity index (χ0) is 11.8. The minimum Gasteiger partial charge on any atom is -0.461 e. The molecule has 0 N–H and O–H groups in total. The molecule has 0 radical (unpaired) electrons. The van der Waals surface area contributed by atoms with E-state index in [9.17, 15) is 0 Å². The van der Waals surface area contributed by atoms with Crippen LogP contribution >= 0.6 is 0 Å². The molecule has 3 rings (SSSR count). The van der Waals surface area contributed by atoms with Crippen LogP contribution < -0.4 is 0 Å². The number of hydrogen-bond donors (Lipinski definition) is 0. The van der Waals surface area contributed by atoms with Gasteiger partial charge in [0.2, 0.25) is 0 Å². The second-order valence-corrected chi connectivity index (χ2v) is 4.40. The Kier molecular flexibility index (Phi) is 2.25. The molecule has 0 amide bonds. The van der Waals surface area contributed by atoms with Crippen LogP contribution in [0, 0.1) is 13.8 Å². The smallest absolute Gasteiger partial charge is 0.134 e. The van der Waals surface area contributed by atoms with Crippen LogP contribution in [0.4, 0.5) is 0 Å². The molecule has 0 spiro atoms. The fourth-order valence-corrected chi connectivity index (χ4v) is 2.30. The maximum absolute atomic E-state index is 5.81. The molecule has 1 aromatic heterocycles. The zero-order valence-electron chi connectivity index (χ0n) is 10.0. The third-order valence-electron chi connectivity index (χ3n) is 3.08. The second kappa shape index (κ2) is 3.77. The van der Waals surface area contributed by atoms with Crippen molar-refractivity contribution in [1.82, 2.24) is 0 Å². The van der Waals surface area contributed by atoms with Gasteiger partial charge in [0.05, 0.1) is 0 Å². The minimum absolute atomic E-state index is 0.965. The van der Waals surface area contributed by atoms with Crippen molar-refractivity contribution in [2.45, 2.75) is 13.8 Å². The molecule has 84 valence electrons. The summed E-state index contributed by atoms with van der Waals surface area (Å²) in [6.45, 7) is 4.13. The first kappa shape index (κ1) is 10.2. The van der Waals surface area contributed by atoms with Crippen LogP contribution in [0.2, 0.25) is 0 Å². The Bertz CT molecular complexity index is 663. The Balaban J connectivity index is 2.35. The number of fused-ring (bicyclic) bond motifs is 1. The average Bonchev–Trinajstić information content (AvgIpc) is 2.65. The van der Waals surface area contributed by atoms with Crippen LogP contribution in [0.15, 0.2) is 52.9 Å². The first-order valence-corrected chi connectivity index (χ1v) is 5.81. The fourth-order valence-electron chi connectivity index (χ4n) is 2.30. The molecule has 17 heavy (non-hydrogen) atoms. The second-order valence-electron chi connectivity index (χ2n) is 4.40. The molecule has 2 aromatic carbocycles. The van der Waals surface area contributed by atoms with Gasteiger partial charge >= 0.3 is 0 Å². The molecule has 0 unspecified atom stereocenters. The molecule has 0 aliphatic rings. The summed E-state index contributed by atoms with van der Waals surface area (Å²) in [5, 5.41) is 1.20. The third kappa shape index (κ3) is 1.64. The first-order valence-electron chi connectivity index (χ1n) is 5.81. The van der Waals surface area contributed by atoms with Gasteiger partial charge in [-0.1, -0.05) is 42.0 Å². The van der Waals surface area contributed by atoms with Gasteiger partial charge in [0.1, 0.15) is 11.3 Å². The quantitative estimate of drug-likeness (QED) is 0.580. The topological polar surface area (TPSA) is 13.1 Å². The van der Waals surface area contributed by atoms with E-state index in [1.54, 1.807) is 0 Å². The molecule has 0 bridgehead atoms. The Hall–Kier alpha value is -2.02. The lowest BCUT2D eigenvalue weighted by atomic mass is 10.0. The molecule has 3 aromatic rings. The van der Waals surface area contributed by atoms with E-state index in [1.165, 1.54) is 22.1 Å². The molecular formula is C16H14O. The van der Waals surface area contributed by atoms with Crippen LogP contribution in [0.5, 0.6) is 0 Å². The standard InChI is InChI=1S/C16H14O/c1-11-8-9-15-14(10-11)16(12(2)17-15)13-6-4-3-5-7-13/h3-10H,1-2H3. The number of hydrogen-bond acceptors (Lipinski definition) is 1. The van der Waals surface area contributed by atoms with E-state index in [1.807, 2.05) is 19.1 Å². The summed E-state index contributed by atoms with van der Waals surface area (Å²) in [6, 6.07) is 16.7. The predicted octanol–water partition coefficient (Wildman–Crippen LogP) is 4.72. The molecular weight excluding hydrogens is 208 g/mol. The van der Waals surface area contributed by atoms with Crippen molar-refractivity contribution in [3.63, 3.8) is 0 Å². The molecule has 0 aliphatic carbocycles. The van der Waals surface area contributed by atoms with Crippen molar-refractivity contribution < 1.29 is 4.42 Å². The van der Waals surface area contributed by atoms with Crippen molar-refractivity contribution in [2.75, 3.05) is 0 Å². The summed E-state index contributed by atoms with van der Waals surface area (Å²) >= 11 is 0. The molecule has 1 heteroatoms. The summed E-state index contributed by atoms with van der Waals surface area (Å²) in [5.41, 5.74) is 4.65. The largest absolute Gasteiger partial charge is 0.461 e. The summed E-state index contributed by atoms with van der Waals surface area (Å²) in [5.74, 6) is 0.983. The first-order chi connectivity index (χ1) is 8.25. The number of benzene rings is 2. The van der Waals surface area contributed by atoms with Gasteiger partial charge in [-0.2, -0.15) is 0 Å². The predicted molar refractivity (Wildman–Crippen MR) is 71.1 cm³/mol. The average molecular weight is 222 g/mol. The van der Waals surface area contributed by atoms with Gasteiger partial charge in [-0.25, -0.2) is 0 Å². The molecule has 1 nitrogen and oxygen atoms in total. The monoisotopic (exact) mass is 222 g/mol. The summed E-state index contributed by atoms with van der Waals surface area (Å²) in [7, 11) is 0. The normalized spacial score (nSPS) is 10.9. The highest BCUT2D eigenvalue weighted by Crippen LogP contribution is 2.34. The number of furan rings is 1. The van der Waals surface area contributed by atoms with Crippen molar-refractivity contribution >= 4 is 11.0 Å². The Morgan fingerprint density at radius 2 is 1.65 bits per heavy atom. The van der Waals surface area contributed by atoms with Crippen LogP contribution in [0.3, 0.4) is 0 Å². The molecule has 0 atom stereocenters. The maximum atomic E-state index is 5.81. The molecule has 0 fully saturated rings. The van der Waals surface area contributed by atoms with Crippen molar-refractivity contribution in [2.24, 2.45) is 0 Å². The lowest BCUT2D eigenvalue weighted by Crippen LogP contribution is -1.78. The highest BCUT2D eigenvalue weighted by Gasteiger charge is 2.12. The highest BCUT2D eigenvalue weighted by atomic mass is 16.3. The van der Waals surface area contributed by atoms with Crippen LogP contribution in [0.25, 0.3) is 22.1 Å². The van der Waals surface area contributed by atoms with Crippen LogP contribution in [-0.4, -0.2) is 0 Å². The summed E-state index contributed by atoms with van der Waals surface area (Å²) in [4.78, 5) is 0. The van der Waals surface area contributed by atoms with E-state index >= 15 is 0 Å². The Morgan fingerprint density at radius 1 is 0.882 bits per heavy atom. The van der Waals surface area contributed by atoms with Crippen LogP contribution in [0.1, 0.15) is 11.3 Å². The van der Waals surface area contributed by atoms with Gasteiger partial charge in [-0.15, -0.1) is 0 Å². The Labute approximate surface area is 101 Å². The molecule has 0 saturated carbocycles. The van der Waals surface area contributed by atoms with Crippen molar-refractivity contribution in [1.29, 1.82) is 0 Å². The Morgan fingerprint density at radius 3 is 2.41 bits per heavy atom. The fraction of sp³-hybridized carbons (Fsp3) is 0.125. The molecule has 0 aliphatic heterocycles. The highest BCUT2D eigenvalue weighted by molar-refractivity contribution is 5.96. The number of rotatable bonds is 1.